The highest BCUT2D eigenvalue weighted by atomic mass is 15.1. The fourth-order valence-electron chi connectivity index (χ4n) is 3.03. The van der Waals surface area contributed by atoms with E-state index in [2.05, 4.69) is 71.7 Å². The first-order valence-corrected chi connectivity index (χ1v) is 7.90. The number of benzene rings is 2. The Kier molecular flexibility index (Phi) is 4.56. The summed E-state index contributed by atoms with van der Waals surface area (Å²) in [5.74, 6) is 0. The first-order valence-electron chi connectivity index (χ1n) is 7.90. The van der Waals surface area contributed by atoms with Crippen molar-refractivity contribution in [2.45, 2.75) is 32.4 Å². The van der Waals surface area contributed by atoms with Crippen LogP contribution in [0.4, 0.5) is 5.69 Å². The summed E-state index contributed by atoms with van der Waals surface area (Å²) in [6, 6.07) is 20.0. The third kappa shape index (κ3) is 3.85. The van der Waals surface area contributed by atoms with Gasteiger partial charge < -0.3 is 5.32 Å². The van der Waals surface area contributed by atoms with Crippen molar-refractivity contribution < 1.29 is 0 Å². The molecule has 0 aliphatic carbocycles. The van der Waals surface area contributed by atoms with Gasteiger partial charge in [0.05, 0.1) is 0 Å². The molecule has 110 valence electrons. The summed E-state index contributed by atoms with van der Waals surface area (Å²) in [7, 11) is 0. The van der Waals surface area contributed by atoms with Gasteiger partial charge in [-0.2, -0.15) is 0 Å². The Hall–Kier alpha value is -1.80. The molecule has 3 rings (SSSR count). The Labute approximate surface area is 127 Å². The maximum atomic E-state index is 3.71. The molecule has 1 fully saturated rings. The Balaban J connectivity index is 1.50. The Bertz CT molecular complexity index is 557. The van der Waals surface area contributed by atoms with E-state index in [-0.39, 0.29) is 0 Å². The summed E-state index contributed by atoms with van der Waals surface area (Å²) in [6.45, 7) is 5.61. The van der Waals surface area contributed by atoms with E-state index in [1.807, 2.05) is 0 Å². The maximum Gasteiger partial charge on any atom is 0.0372 e. The van der Waals surface area contributed by atoms with Crippen LogP contribution >= 0.6 is 0 Å². The summed E-state index contributed by atoms with van der Waals surface area (Å²) < 4.78 is 0. The molecule has 1 N–H and O–H groups in total. The molecule has 2 aromatic carbocycles. The predicted molar refractivity (Wildman–Crippen MR) is 89.5 cm³/mol. The number of nitrogens with zero attached hydrogens (tertiary/aromatic N) is 1. The van der Waals surface area contributed by atoms with Gasteiger partial charge >= 0.3 is 0 Å². The first-order chi connectivity index (χ1) is 10.3. The molecule has 1 saturated heterocycles. The number of likely N-dealkylation sites (tertiary alicyclic amines) is 1. The van der Waals surface area contributed by atoms with Gasteiger partial charge in [0.15, 0.2) is 0 Å². The van der Waals surface area contributed by atoms with E-state index in [0.717, 1.165) is 6.54 Å². The lowest BCUT2D eigenvalue weighted by Crippen LogP contribution is -2.38. The molecule has 0 unspecified atom stereocenters. The van der Waals surface area contributed by atoms with Crippen LogP contribution in [0.15, 0.2) is 54.6 Å². The van der Waals surface area contributed by atoms with Crippen molar-refractivity contribution in [2.24, 2.45) is 0 Å². The van der Waals surface area contributed by atoms with E-state index in [4.69, 9.17) is 0 Å². The molecule has 21 heavy (non-hydrogen) atoms. The lowest BCUT2D eigenvalue weighted by molar-refractivity contribution is 0.211. The summed E-state index contributed by atoms with van der Waals surface area (Å²) in [5.41, 5.74) is 4.05. The van der Waals surface area contributed by atoms with E-state index < -0.39 is 0 Å². The summed E-state index contributed by atoms with van der Waals surface area (Å²) >= 11 is 0. The molecule has 0 amide bonds. The van der Waals surface area contributed by atoms with Crippen LogP contribution in [-0.4, -0.2) is 24.0 Å². The van der Waals surface area contributed by atoms with Gasteiger partial charge in [-0.25, -0.2) is 0 Å². The Morgan fingerprint density at radius 1 is 0.952 bits per heavy atom. The van der Waals surface area contributed by atoms with Gasteiger partial charge in [-0.1, -0.05) is 48.5 Å². The minimum atomic E-state index is 0.609. The Morgan fingerprint density at radius 2 is 1.62 bits per heavy atom. The first kappa shape index (κ1) is 14.2. The van der Waals surface area contributed by atoms with Crippen molar-refractivity contribution in [3.8, 4) is 0 Å². The van der Waals surface area contributed by atoms with Crippen LogP contribution in [0.5, 0.6) is 0 Å². The van der Waals surface area contributed by atoms with Crippen molar-refractivity contribution in [3.05, 3.63) is 65.7 Å². The zero-order valence-electron chi connectivity index (χ0n) is 12.8. The number of piperidine rings is 1. The van der Waals surface area contributed by atoms with Gasteiger partial charge in [0.2, 0.25) is 0 Å². The fraction of sp³-hybridized carbons (Fsp3) is 0.368. The van der Waals surface area contributed by atoms with Gasteiger partial charge in [-0.05, 0) is 37.0 Å². The SMILES string of the molecule is Cc1ccccc1NC1CCN(Cc2ccccc2)CC1. The van der Waals surface area contributed by atoms with Crippen LogP contribution in [0.2, 0.25) is 0 Å². The number of hydrogen-bond acceptors (Lipinski definition) is 2. The van der Waals surface area contributed by atoms with Crippen LogP contribution in [0.25, 0.3) is 0 Å². The lowest BCUT2D eigenvalue weighted by atomic mass is 10.0. The lowest BCUT2D eigenvalue weighted by Gasteiger charge is -2.33. The van der Waals surface area contributed by atoms with E-state index in [0.29, 0.717) is 6.04 Å². The van der Waals surface area contributed by atoms with Crippen molar-refractivity contribution in [1.82, 2.24) is 4.90 Å². The van der Waals surface area contributed by atoms with Crippen molar-refractivity contribution >= 4 is 5.69 Å². The largest absolute Gasteiger partial charge is 0.382 e. The van der Waals surface area contributed by atoms with Crippen LogP contribution in [0.3, 0.4) is 0 Å². The smallest absolute Gasteiger partial charge is 0.0372 e. The van der Waals surface area contributed by atoms with E-state index in [1.54, 1.807) is 0 Å². The second-order valence-corrected chi connectivity index (χ2v) is 6.00. The molecule has 0 bridgehead atoms. The van der Waals surface area contributed by atoms with Gasteiger partial charge in [0, 0.05) is 31.4 Å². The Morgan fingerprint density at radius 3 is 2.33 bits per heavy atom. The minimum Gasteiger partial charge on any atom is -0.382 e. The van der Waals surface area contributed by atoms with Crippen LogP contribution < -0.4 is 5.32 Å². The quantitative estimate of drug-likeness (QED) is 0.908. The highest BCUT2D eigenvalue weighted by Gasteiger charge is 2.19. The zero-order valence-corrected chi connectivity index (χ0v) is 12.8. The highest BCUT2D eigenvalue weighted by molar-refractivity contribution is 5.50. The number of anilines is 1. The number of nitrogens with one attached hydrogen (secondary N) is 1. The number of aryl methyl sites for hydroxylation is 1. The fourth-order valence-corrected chi connectivity index (χ4v) is 3.03. The molecule has 1 aliphatic heterocycles. The molecule has 1 heterocycles. The topological polar surface area (TPSA) is 15.3 Å². The maximum absolute atomic E-state index is 3.71. The highest BCUT2D eigenvalue weighted by Crippen LogP contribution is 2.20. The average molecular weight is 280 g/mol. The molecule has 0 aromatic heterocycles. The van der Waals surface area contributed by atoms with Crippen LogP contribution in [0, 0.1) is 6.92 Å². The van der Waals surface area contributed by atoms with Gasteiger partial charge in [0.1, 0.15) is 0 Å². The van der Waals surface area contributed by atoms with Crippen LogP contribution in [0.1, 0.15) is 24.0 Å². The zero-order chi connectivity index (χ0) is 14.5. The normalized spacial score (nSPS) is 16.8. The van der Waals surface area contributed by atoms with E-state index in [9.17, 15) is 0 Å². The summed E-state index contributed by atoms with van der Waals surface area (Å²) in [6.07, 6.45) is 2.45. The average Bonchev–Trinajstić information content (AvgIpc) is 2.52. The molecule has 0 spiro atoms. The second kappa shape index (κ2) is 6.77. The van der Waals surface area contributed by atoms with Gasteiger partial charge in [0.25, 0.3) is 0 Å². The molecule has 0 radical (unpaired) electrons. The molecule has 0 atom stereocenters. The summed E-state index contributed by atoms with van der Waals surface area (Å²) in [4.78, 5) is 2.56. The molecule has 2 heteroatoms. The number of rotatable bonds is 4. The second-order valence-electron chi connectivity index (χ2n) is 6.00. The predicted octanol–water partition coefficient (Wildman–Crippen LogP) is 4.07. The molecular formula is C19H24N2. The van der Waals surface area contributed by atoms with Gasteiger partial charge in [-0.15, -0.1) is 0 Å². The van der Waals surface area contributed by atoms with Crippen molar-refractivity contribution in [1.29, 1.82) is 0 Å². The van der Waals surface area contributed by atoms with Gasteiger partial charge in [-0.3, -0.25) is 4.90 Å². The van der Waals surface area contributed by atoms with E-state index >= 15 is 0 Å². The number of hydrogen-bond donors (Lipinski definition) is 1. The third-order valence-corrected chi connectivity index (χ3v) is 4.34. The van der Waals surface area contributed by atoms with E-state index in [1.165, 1.54) is 42.7 Å². The monoisotopic (exact) mass is 280 g/mol. The third-order valence-electron chi connectivity index (χ3n) is 4.34. The summed E-state index contributed by atoms with van der Waals surface area (Å²) in [5, 5.41) is 3.71. The standard InChI is InChI=1S/C19H24N2/c1-16-7-5-6-10-19(16)20-18-11-13-21(14-12-18)15-17-8-3-2-4-9-17/h2-10,18,20H,11-15H2,1H3. The molecule has 2 aromatic rings. The van der Waals surface area contributed by atoms with Crippen LogP contribution in [-0.2, 0) is 6.54 Å². The van der Waals surface area contributed by atoms with Crippen molar-refractivity contribution in [2.75, 3.05) is 18.4 Å². The number of para-hydroxylation sites is 1. The molecule has 0 saturated carbocycles. The molecule has 1 aliphatic rings. The molecule has 2 nitrogen and oxygen atoms in total. The van der Waals surface area contributed by atoms with Crippen molar-refractivity contribution in [3.63, 3.8) is 0 Å². The molecular weight excluding hydrogens is 256 g/mol. The minimum absolute atomic E-state index is 0.609.